The topological polar surface area (TPSA) is 98.2 Å². The van der Waals surface area contributed by atoms with Crippen LogP contribution in [0.15, 0.2) is 53.3 Å². The van der Waals surface area contributed by atoms with Crippen LogP contribution in [0.1, 0.15) is 19.8 Å². The van der Waals surface area contributed by atoms with Crippen molar-refractivity contribution in [3.63, 3.8) is 0 Å². The van der Waals surface area contributed by atoms with Gasteiger partial charge in [-0.1, -0.05) is 18.2 Å². The Bertz CT molecular complexity index is 1050. The summed E-state index contributed by atoms with van der Waals surface area (Å²) in [6.07, 6.45) is 2.59. The van der Waals surface area contributed by atoms with Gasteiger partial charge in [0, 0.05) is 37.2 Å². The van der Waals surface area contributed by atoms with Crippen molar-refractivity contribution in [2.24, 2.45) is 5.92 Å². The Labute approximate surface area is 201 Å². The number of carbonyl (C=O) groups excluding carboxylic acids is 3. The molecule has 0 spiro atoms. The molecule has 1 aromatic carbocycles. The second-order valence-electron chi connectivity index (χ2n) is 8.17. The first-order valence-corrected chi connectivity index (χ1v) is 10.0. The summed E-state index contributed by atoms with van der Waals surface area (Å²) in [7, 11) is 0. The molecule has 0 saturated carbocycles. The molecular formula is C22H22N3NaO5. The van der Waals surface area contributed by atoms with Crippen LogP contribution < -0.4 is 4.90 Å². The molecule has 0 bridgehead atoms. The van der Waals surface area contributed by atoms with Crippen LogP contribution in [-0.2, 0) is 19.2 Å². The number of allylic oxidation sites excluding steroid dienone is 2. The minimum absolute atomic E-state index is 0. The number of amides is 3. The summed E-state index contributed by atoms with van der Waals surface area (Å²) >= 11 is 0. The van der Waals surface area contributed by atoms with Crippen molar-refractivity contribution in [1.29, 1.82) is 0 Å². The van der Waals surface area contributed by atoms with Gasteiger partial charge in [0.25, 0.3) is 11.8 Å². The van der Waals surface area contributed by atoms with E-state index in [2.05, 4.69) is 0 Å². The van der Waals surface area contributed by atoms with Crippen molar-refractivity contribution in [3.05, 3.63) is 53.3 Å². The van der Waals surface area contributed by atoms with Gasteiger partial charge < -0.3 is 14.9 Å². The second kappa shape index (κ2) is 7.93. The normalized spacial score (nSPS) is 28.0. The molecule has 3 saturated heterocycles. The average molecular weight is 431 g/mol. The fraction of sp³-hybridized carbons (Fsp3) is 0.364. The predicted octanol–water partition coefficient (Wildman–Crippen LogP) is 0.501. The summed E-state index contributed by atoms with van der Waals surface area (Å²) in [6.45, 7) is 2.38. The van der Waals surface area contributed by atoms with E-state index in [-0.39, 0.29) is 64.9 Å². The van der Waals surface area contributed by atoms with E-state index in [1.54, 1.807) is 15.9 Å². The number of carbonyl (C=O) groups is 4. The number of carboxylic acid groups (broad SMARTS) is 1. The quantitative estimate of drug-likeness (QED) is 0.427. The van der Waals surface area contributed by atoms with Gasteiger partial charge in [-0.15, -0.1) is 0 Å². The van der Waals surface area contributed by atoms with Crippen molar-refractivity contribution < 1.29 is 24.3 Å². The van der Waals surface area contributed by atoms with E-state index in [4.69, 9.17) is 0 Å². The van der Waals surface area contributed by atoms with Crippen LogP contribution in [0.2, 0.25) is 0 Å². The van der Waals surface area contributed by atoms with Gasteiger partial charge in [-0.2, -0.15) is 0 Å². The Kier molecular flexibility index (Phi) is 5.57. The Hall–Kier alpha value is -2.42. The Morgan fingerprint density at radius 2 is 1.87 bits per heavy atom. The maximum absolute atomic E-state index is 12.9. The van der Waals surface area contributed by atoms with E-state index in [1.807, 2.05) is 30.3 Å². The van der Waals surface area contributed by atoms with Gasteiger partial charge in [-0.05, 0) is 36.6 Å². The maximum atomic E-state index is 12.9. The predicted molar refractivity (Wildman–Crippen MR) is 113 cm³/mol. The van der Waals surface area contributed by atoms with Gasteiger partial charge in [-0.25, -0.2) is 4.79 Å². The molecule has 1 aromatic rings. The Balaban J connectivity index is 0.00000231. The molecule has 4 aliphatic heterocycles. The van der Waals surface area contributed by atoms with Crippen LogP contribution in [-0.4, -0.2) is 93.3 Å². The van der Waals surface area contributed by atoms with E-state index in [0.29, 0.717) is 37.1 Å². The molecule has 31 heavy (non-hydrogen) atoms. The third-order valence-corrected chi connectivity index (χ3v) is 6.54. The van der Waals surface area contributed by atoms with E-state index >= 15 is 0 Å². The molecule has 156 valence electrons. The molecular weight excluding hydrogens is 409 g/mol. The number of rotatable bonds is 3. The zero-order valence-electron chi connectivity index (χ0n) is 16.4. The van der Waals surface area contributed by atoms with Crippen LogP contribution in [0.25, 0.3) is 0 Å². The van der Waals surface area contributed by atoms with E-state index in [9.17, 15) is 24.3 Å². The molecule has 5 rings (SSSR count). The molecule has 9 heteroatoms. The average Bonchev–Trinajstić information content (AvgIpc) is 3.27. The van der Waals surface area contributed by atoms with Crippen LogP contribution >= 0.6 is 0 Å². The zero-order chi connectivity index (χ0) is 21.2. The van der Waals surface area contributed by atoms with Crippen molar-refractivity contribution in [2.45, 2.75) is 31.8 Å². The molecule has 8 nitrogen and oxygen atoms in total. The van der Waals surface area contributed by atoms with Crippen molar-refractivity contribution in [2.75, 3.05) is 18.0 Å². The molecule has 0 radical (unpaired) electrons. The van der Waals surface area contributed by atoms with Gasteiger partial charge in [0.1, 0.15) is 11.7 Å². The van der Waals surface area contributed by atoms with Gasteiger partial charge >= 0.3 is 35.5 Å². The third-order valence-electron chi connectivity index (χ3n) is 6.54. The summed E-state index contributed by atoms with van der Waals surface area (Å²) < 4.78 is 0. The Morgan fingerprint density at radius 3 is 2.52 bits per heavy atom. The van der Waals surface area contributed by atoms with Gasteiger partial charge in [-0.3, -0.25) is 19.3 Å². The summed E-state index contributed by atoms with van der Waals surface area (Å²) in [6, 6.07) is 8.50. The number of aliphatic carboxylic acids is 1. The minimum atomic E-state index is -1.18. The molecule has 4 heterocycles. The van der Waals surface area contributed by atoms with Gasteiger partial charge in [0.2, 0.25) is 5.91 Å². The summed E-state index contributed by atoms with van der Waals surface area (Å²) in [5, 5.41) is 9.83. The second-order valence-corrected chi connectivity index (χ2v) is 8.17. The van der Waals surface area contributed by atoms with Gasteiger partial charge in [0.15, 0.2) is 0 Å². The van der Waals surface area contributed by atoms with E-state index < -0.39 is 12.0 Å². The molecule has 3 amide bonds. The fourth-order valence-corrected chi connectivity index (χ4v) is 5.24. The monoisotopic (exact) mass is 431 g/mol. The molecule has 4 aliphatic rings. The van der Waals surface area contributed by atoms with Crippen molar-refractivity contribution in [1.82, 2.24) is 9.80 Å². The molecule has 0 aromatic heterocycles. The summed E-state index contributed by atoms with van der Waals surface area (Å²) in [4.78, 5) is 54.1. The SMILES string of the molecule is CC(=O)N1C[C@H]2CC(/C=C3\CCN(c4ccccc4)C3=O)=C(C(=O)O)N3C(=O)[C@@H]1[C@@H]23.[NaH]. The number of para-hydroxylation sites is 1. The fourth-order valence-electron chi connectivity index (χ4n) is 5.24. The molecule has 1 N–H and O–H groups in total. The van der Waals surface area contributed by atoms with Crippen LogP contribution in [0.5, 0.6) is 0 Å². The summed E-state index contributed by atoms with van der Waals surface area (Å²) in [5.41, 5.74) is 1.77. The Morgan fingerprint density at radius 1 is 1.16 bits per heavy atom. The third kappa shape index (κ3) is 3.24. The van der Waals surface area contributed by atoms with E-state index in [1.165, 1.54) is 11.8 Å². The standard InChI is InChI=1S/C22H21N3O5.Na.H/c1-12(26)24-11-15-10-14(18(22(29)30)25-17(15)19(24)21(25)28)9-13-7-8-23(20(13)27)16-5-3-2-4-6-16;;/h2-6,9,15,17,19H,7-8,10-11H2,1H3,(H,29,30);;/b13-9+;;/t15-,17-,19+;;/m1../s1. The van der Waals surface area contributed by atoms with Crippen molar-refractivity contribution >= 4 is 58.9 Å². The number of hydrogen-bond donors (Lipinski definition) is 1. The molecule has 3 atom stereocenters. The number of nitrogens with zero attached hydrogens (tertiary/aromatic N) is 3. The first kappa shape index (κ1) is 21.8. The first-order chi connectivity index (χ1) is 14.4. The number of carboxylic acids is 1. The number of hydrogen-bond acceptors (Lipinski definition) is 4. The summed E-state index contributed by atoms with van der Waals surface area (Å²) in [5.74, 6) is -1.88. The number of benzene rings is 1. The van der Waals surface area contributed by atoms with Crippen molar-refractivity contribution in [3.8, 4) is 0 Å². The molecule has 0 aliphatic carbocycles. The molecule has 0 unspecified atom stereocenters. The zero-order valence-corrected chi connectivity index (χ0v) is 16.4. The van der Waals surface area contributed by atoms with Gasteiger partial charge in [0.05, 0.1) is 6.04 Å². The van der Waals surface area contributed by atoms with E-state index in [0.717, 1.165) is 5.69 Å². The van der Waals surface area contributed by atoms with Crippen LogP contribution in [0.4, 0.5) is 5.69 Å². The number of β-lactam (4-membered cyclic amide) rings is 1. The first-order valence-electron chi connectivity index (χ1n) is 10.0. The molecule has 3 fully saturated rings. The number of anilines is 1. The van der Waals surface area contributed by atoms with Crippen LogP contribution in [0, 0.1) is 5.92 Å². The van der Waals surface area contributed by atoms with Crippen LogP contribution in [0.3, 0.4) is 0 Å². The number of likely N-dealkylation sites (tertiary alicyclic amines) is 1.